The molecule has 0 saturated heterocycles. The van der Waals surface area contributed by atoms with Crippen LogP contribution < -0.4 is 4.74 Å². The summed E-state index contributed by atoms with van der Waals surface area (Å²) in [4.78, 5) is 0. The molecule has 22 heavy (non-hydrogen) atoms. The van der Waals surface area contributed by atoms with Crippen molar-refractivity contribution in [3.63, 3.8) is 0 Å². The number of ether oxygens (including phenoxy) is 1. The summed E-state index contributed by atoms with van der Waals surface area (Å²) >= 11 is 0. The zero-order chi connectivity index (χ0) is 15.6. The Bertz CT molecular complexity index is 621. The largest absolute Gasteiger partial charge is 0.494 e. The van der Waals surface area contributed by atoms with Gasteiger partial charge >= 0.3 is 0 Å². The average Bonchev–Trinajstić information content (AvgIpc) is 2.56. The molecule has 0 spiro atoms. The zero-order valence-electron chi connectivity index (χ0n) is 13.3. The van der Waals surface area contributed by atoms with Crippen molar-refractivity contribution in [3.05, 3.63) is 53.3 Å². The highest BCUT2D eigenvalue weighted by Gasteiger charge is 1.95. The standard InChI is InChI=1S/C19H22N2O/c1-3-5-15-22-19-13-8-16(9-14-19)7-10-18-12-11-17(6-4-2)20-21-18/h8-9,11-14H,3-6,15H2,1-2H3. The molecule has 3 heteroatoms. The summed E-state index contributed by atoms with van der Waals surface area (Å²) in [6, 6.07) is 11.8. The van der Waals surface area contributed by atoms with Gasteiger partial charge in [0.15, 0.2) is 0 Å². The van der Waals surface area contributed by atoms with Crippen molar-refractivity contribution in [3.8, 4) is 17.6 Å². The average molecular weight is 294 g/mol. The molecule has 0 amide bonds. The van der Waals surface area contributed by atoms with Gasteiger partial charge in [-0.05, 0) is 55.2 Å². The van der Waals surface area contributed by atoms with E-state index in [-0.39, 0.29) is 0 Å². The lowest BCUT2D eigenvalue weighted by atomic mass is 10.2. The first kappa shape index (κ1) is 16.0. The second kappa shape index (κ2) is 8.84. The Morgan fingerprint density at radius 3 is 2.36 bits per heavy atom. The first-order valence-corrected chi connectivity index (χ1v) is 7.89. The molecule has 2 rings (SSSR count). The minimum Gasteiger partial charge on any atom is -0.494 e. The fourth-order valence-corrected chi connectivity index (χ4v) is 1.92. The molecule has 0 bridgehead atoms. The first-order valence-electron chi connectivity index (χ1n) is 7.89. The minimum atomic E-state index is 0.697. The Labute approximate surface area is 132 Å². The van der Waals surface area contributed by atoms with Crippen molar-refractivity contribution in [1.82, 2.24) is 10.2 Å². The summed E-state index contributed by atoms with van der Waals surface area (Å²) in [7, 11) is 0. The van der Waals surface area contributed by atoms with Crippen LogP contribution in [0, 0.1) is 11.8 Å². The first-order chi connectivity index (χ1) is 10.8. The molecule has 0 radical (unpaired) electrons. The van der Waals surface area contributed by atoms with E-state index in [1.54, 1.807) is 0 Å². The van der Waals surface area contributed by atoms with Gasteiger partial charge in [-0.2, -0.15) is 5.10 Å². The van der Waals surface area contributed by atoms with E-state index in [1.807, 2.05) is 36.4 Å². The zero-order valence-corrected chi connectivity index (χ0v) is 13.3. The second-order valence-corrected chi connectivity index (χ2v) is 5.14. The Kier molecular flexibility index (Phi) is 6.44. The van der Waals surface area contributed by atoms with Gasteiger partial charge in [0.05, 0.1) is 12.3 Å². The van der Waals surface area contributed by atoms with Crippen LogP contribution in [-0.4, -0.2) is 16.8 Å². The number of benzene rings is 1. The minimum absolute atomic E-state index is 0.697. The summed E-state index contributed by atoms with van der Waals surface area (Å²) in [5.41, 5.74) is 2.66. The van der Waals surface area contributed by atoms with Gasteiger partial charge in [-0.15, -0.1) is 5.10 Å². The van der Waals surface area contributed by atoms with Crippen molar-refractivity contribution in [2.45, 2.75) is 39.5 Å². The van der Waals surface area contributed by atoms with E-state index in [1.165, 1.54) is 0 Å². The number of nitrogens with zero attached hydrogens (tertiary/aromatic N) is 2. The van der Waals surface area contributed by atoms with E-state index >= 15 is 0 Å². The van der Waals surface area contributed by atoms with Gasteiger partial charge < -0.3 is 4.74 Å². The maximum Gasteiger partial charge on any atom is 0.136 e. The van der Waals surface area contributed by atoms with Gasteiger partial charge in [0.25, 0.3) is 0 Å². The predicted molar refractivity (Wildman–Crippen MR) is 88.9 cm³/mol. The molecule has 1 aromatic heterocycles. The van der Waals surface area contributed by atoms with Gasteiger partial charge in [0.1, 0.15) is 11.4 Å². The van der Waals surface area contributed by atoms with Crippen LogP contribution >= 0.6 is 0 Å². The van der Waals surface area contributed by atoms with Crippen LogP contribution in [0.1, 0.15) is 50.1 Å². The number of hydrogen-bond acceptors (Lipinski definition) is 3. The van der Waals surface area contributed by atoms with E-state index in [0.29, 0.717) is 5.69 Å². The quantitative estimate of drug-likeness (QED) is 0.596. The van der Waals surface area contributed by atoms with Gasteiger partial charge in [-0.1, -0.05) is 32.6 Å². The third kappa shape index (κ3) is 5.21. The van der Waals surface area contributed by atoms with Crippen molar-refractivity contribution in [2.24, 2.45) is 0 Å². The normalized spacial score (nSPS) is 9.91. The van der Waals surface area contributed by atoms with Crippen LogP contribution in [0.5, 0.6) is 5.75 Å². The molecule has 0 saturated carbocycles. The molecule has 1 heterocycles. The van der Waals surface area contributed by atoms with E-state index in [4.69, 9.17) is 4.74 Å². The highest BCUT2D eigenvalue weighted by atomic mass is 16.5. The summed E-state index contributed by atoms with van der Waals surface area (Å²) in [5, 5.41) is 8.30. The third-order valence-electron chi connectivity index (χ3n) is 3.18. The van der Waals surface area contributed by atoms with Crippen LogP contribution in [0.15, 0.2) is 36.4 Å². The Hall–Kier alpha value is -2.34. The molecule has 3 nitrogen and oxygen atoms in total. The molecule has 114 valence electrons. The molecule has 0 atom stereocenters. The lowest BCUT2D eigenvalue weighted by molar-refractivity contribution is 0.309. The lowest BCUT2D eigenvalue weighted by Gasteiger charge is -2.04. The maximum atomic E-state index is 5.63. The van der Waals surface area contributed by atoms with E-state index in [0.717, 1.165) is 49.3 Å². The summed E-state index contributed by atoms with van der Waals surface area (Å²) in [6.07, 6.45) is 4.25. The Morgan fingerprint density at radius 2 is 1.73 bits per heavy atom. The molecule has 0 N–H and O–H groups in total. The molecular formula is C19H22N2O. The molecular weight excluding hydrogens is 272 g/mol. The van der Waals surface area contributed by atoms with Gasteiger partial charge in [0, 0.05) is 5.56 Å². The van der Waals surface area contributed by atoms with Crippen molar-refractivity contribution >= 4 is 0 Å². The van der Waals surface area contributed by atoms with Crippen LogP contribution in [0.2, 0.25) is 0 Å². The third-order valence-corrected chi connectivity index (χ3v) is 3.18. The molecule has 0 aliphatic carbocycles. The number of rotatable bonds is 6. The molecule has 0 unspecified atom stereocenters. The van der Waals surface area contributed by atoms with Crippen LogP contribution in [0.25, 0.3) is 0 Å². The number of aromatic nitrogens is 2. The smallest absolute Gasteiger partial charge is 0.136 e. The molecule has 0 aliphatic heterocycles. The number of unbranched alkanes of at least 4 members (excludes halogenated alkanes) is 1. The van der Waals surface area contributed by atoms with Crippen LogP contribution in [0.4, 0.5) is 0 Å². The van der Waals surface area contributed by atoms with Gasteiger partial charge in [-0.3, -0.25) is 0 Å². The van der Waals surface area contributed by atoms with Gasteiger partial charge in [0.2, 0.25) is 0 Å². The van der Waals surface area contributed by atoms with Crippen LogP contribution in [-0.2, 0) is 6.42 Å². The van der Waals surface area contributed by atoms with E-state index in [9.17, 15) is 0 Å². The fraction of sp³-hybridized carbons (Fsp3) is 0.368. The monoisotopic (exact) mass is 294 g/mol. The van der Waals surface area contributed by atoms with Crippen molar-refractivity contribution in [1.29, 1.82) is 0 Å². The fourth-order valence-electron chi connectivity index (χ4n) is 1.92. The Balaban J connectivity index is 1.96. The molecule has 1 aromatic carbocycles. The Morgan fingerprint density at radius 1 is 0.909 bits per heavy atom. The van der Waals surface area contributed by atoms with Crippen molar-refractivity contribution < 1.29 is 4.74 Å². The summed E-state index contributed by atoms with van der Waals surface area (Å²) in [5.74, 6) is 7.03. The maximum absolute atomic E-state index is 5.63. The highest BCUT2D eigenvalue weighted by Crippen LogP contribution is 2.12. The lowest BCUT2D eigenvalue weighted by Crippen LogP contribution is -1.96. The van der Waals surface area contributed by atoms with Gasteiger partial charge in [-0.25, -0.2) is 0 Å². The molecule has 0 fully saturated rings. The topological polar surface area (TPSA) is 35.0 Å². The predicted octanol–water partition coefficient (Wildman–Crippen LogP) is 4.01. The van der Waals surface area contributed by atoms with E-state index < -0.39 is 0 Å². The molecule has 2 aromatic rings. The number of aryl methyl sites for hydroxylation is 1. The molecule has 0 aliphatic rings. The number of hydrogen-bond donors (Lipinski definition) is 0. The SMILES string of the molecule is CCCCOc1ccc(C#Cc2ccc(CCC)nn2)cc1. The summed E-state index contributed by atoms with van der Waals surface area (Å²) < 4.78 is 5.63. The van der Waals surface area contributed by atoms with Crippen LogP contribution in [0.3, 0.4) is 0 Å². The second-order valence-electron chi connectivity index (χ2n) is 5.14. The van der Waals surface area contributed by atoms with Crippen molar-refractivity contribution in [2.75, 3.05) is 6.61 Å². The van der Waals surface area contributed by atoms with E-state index in [2.05, 4.69) is 35.9 Å². The summed E-state index contributed by atoms with van der Waals surface area (Å²) in [6.45, 7) is 5.05. The highest BCUT2D eigenvalue weighted by molar-refractivity contribution is 5.42.